The van der Waals surface area contributed by atoms with E-state index >= 15 is 0 Å². The molecule has 0 bridgehead atoms. The number of nitrogens with two attached hydrogens (primary N) is 1. The van der Waals surface area contributed by atoms with Crippen molar-refractivity contribution < 1.29 is 0 Å². The molecule has 0 atom stereocenters. The molecule has 66 valence electrons. The van der Waals surface area contributed by atoms with Crippen LogP contribution in [0.2, 0.25) is 0 Å². The van der Waals surface area contributed by atoms with Crippen LogP contribution in [0, 0.1) is 0 Å². The molecule has 0 radical (unpaired) electrons. The number of hydrogen-bond acceptors (Lipinski definition) is 3. The molecule has 0 aliphatic heterocycles. The number of nitrogen functional groups attached to an aromatic ring is 1. The zero-order valence-electron chi connectivity index (χ0n) is 6.68. The van der Waals surface area contributed by atoms with Gasteiger partial charge in [0, 0.05) is 10.7 Å². The maximum absolute atomic E-state index is 5.48. The predicted molar refractivity (Wildman–Crippen MR) is 53.5 cm³/mol. The minimum atomic E-state index is 0.490. The van der Waals surface area contributed by atoms with Crippen LogP contribution in [0.5, 0.6) is 0 Å². The minimum Gasteiger partial charge on any atom is -0.382 e. The van der Waals surface area contributed by atoms with Gasteiger partial charge in [-0.1, -0.05) is 0 Å². The third-order valence-electron chi connectivity index (χ3n) is 1.58. The molecular formula is C8H7BrN4. The van der Waals surface area contributed by atoms with Crippen LogP contribution in [0.15, 0.2) is 35.3 Å². The summed E-state index contributed by atoms with van der Waals surface area (Å²) in [6, 6.07) is 3.80. The van der Waals surface area contributed by atoms with E-state index in [9.17, 15) is 0 Å². The topological polar surface area (TPSA) is 56.7 Å². The third-order valence-corrected chi connectivity index (χ3v) is 2.05. The van der Waals surface area contributed by atoms with Gasteiger partial charge in [0.1, 0.15) is 18.0 Å². The summed E-state index contributed by atoms with van der Waals surface area (Å²) >= 11 is 3.31. The van der Waals surface area contributed by atoms with Crippen LogP contribution in [-0.2, 0) is 0 Å². The van der Waals surface area contributed by atoms with Crippen LogP contribution in [0.25, 0.3) is 5.82 Å². The molecule has 0 spiro atoms. The molecule has 0 aliphatic carbocycles. The second-order valence-electron chi connectivity index (χ2n) is 2.54. The second kappa shape index (κ2) is 3.18. The summed E-state index contributed by atoms with van der Waals surface area (Å²) in [5.41, 5.74) is 5.48. The van der Waals surface area contributed by atoms with E-state index in [1.54, 1.807) is 23.3 Å². The lowest BCUT2D eigenvalue weighted by atomic mass is 10.4. The lowest BCUT2D eigenvalue weighted by molar-refractivity contribution is 0.991. The van der Waals surface area contributed by atoms with E-state index in [0.29, 0.717) is 5.82 Å². The third kappa shape index (κ3) is 1.70. The second-order valence-corrected chi connectivity index (χ2v) is 3.46. The van der Waals surface area contributed by atoms with Crippen molar-refractivity contribution in [1.82, 2.24) is 14.5 Å². The van der Waals surface area contributed by atoms with Gasteiger partial charge in [-0.15, -0.1) is 0 Å². The van der Waals surface area contributed by atoms with Gasteiger partial charge in [0.25, 0.3) is 0 Å². The summed E-state index contributed by atoms with van der Waals surface area (Å²) in [6.45, 7) is 0. The minimum absolute atomic E-state index is 0.490. The average molecular weight is 239 g/mol. The Morgan fingerprint density at radius 2 is 2.15 bits per heavy atom. The number of anilines is 1. The molecule has 4 nitrogen and oxygen atoms in total. The van der Waals surface area contributed by atoms with Crippen molar-refractivity contribution in [3.63, 3.8) is 0 Å². The number of hydrogen-bond donors (Lipinski definition) is 1. The number of pyridine rings is 1. The van der Waals surface area contributed by atoms with E-state index in [1.807, 2.05) is 12.1 Å². The fraction of sp³-hybridized carbons (Fsp3) is 0. The Balaban J connectivity index is 2.41. The Labute approximate surface area is 83.6 Å². The number of imidazole rings is 1. The van der Waals surface area contributed by atoms with Crippen molar-refractivity contribution in [2.24, 2.45) is 0 Å². The predicted octanol–water partition coefficient (Wildman–Crippen LogP) is 1.61. The van der Waals surface area contributed by atoms with Gasteiger partial charge in [0.05, 0.1) is 6.20 Å². The van der Waals surface area contributed by atoms with Gasteiger partial charge >= 0.3 is 0 Å². The molecule has 2 N–H and O–H groups in total. The Hall–Kier alpha value is -1.36. The maximum Gasteiger partial charge on any atom is 0.142 e. The number of nitrogens with zero attached hydrogens (tertiary/aromatic N) is 3. The molecule has 13 heavy (non-hydrogen) atoms. The molecule has 0 saturated carbocycles. The molecule has 2 aromatic rings. The highest BCUT2D eigenvalue weighted by atomic mass is 79.9. The van der Waals surface area contributed by atoms with Gasteiger partial charge in [0.15, 0.2) is 0 Å². The SMILES string of the molecule is Nc1cn(-c2ccc(Br)cn2)cn1. The zero-order chi connectivity index (χ0) is 9.26. The van der Waals surface area contributed by atoms with Crippen LogP contribution >= 0.6 is 15.9 Å². The summed E-state index contributed by atoms with van der Waals surface area (Å²) in [6.07, 6.45) is 5.08. The Kier molecular flexibility index (Phi) is 2.02. The van der Waals surface area contributed by atoms with Gasteiger partial charge in [-0.25, -0.2) is 9.97 Å². The lowest BCUT2D eigenvalue weighted by Crippen LogP contribution is -1.92. The van der Waals surface area contributed by atoms with E-state index in [2.05, 4.69) is 25.9 Å². The van der Waals surface area contributed by atoms with Gasteiger partial charge < -0.3 is 5.73 Å². The monoisotopic (exact) mass is 238 g/mol. The first-order valence-electron chi connectivity index (χ1n) is 3.67. The highest BCUT2D eigenvalue weighted by molar-refractivity contribution is 9.10. The molecule has 0 fully saturated rings. The first-order chi connectivity index (χ1) is 6.25. The molecule has 0 amide bonds. The van der Waals surface area contributed by atoms with E-state index in [4.69, 9.17) is 5.73 Å². The first kappa shape index (κ1) is 8.25. The van der Waals surface area contributed by atoms with Crippen LogP contribution < -0.4 is 5.73 Å². The summed E-state index contributed by atoms with van der Waals surface area (Å²) in [4.78, 5) is 8.09. The summed E-state index contributed by atoms with van der Waals surface area (Å²) in [5, 5.41) is 0. The van der Waals surface area contributed by atoms with Crippen molar-refractivity contribution in [2.45, 2.75) is 0 Å². The average Bonchev–Trinajstić information content (AvgIpc) is 2.53. The van der Waals surface area contributed by atoms with Crippen LogP contribution in [0.4, 0.5) is 5.82 Å². The fourth-order valence-corrected chi connectivity index (χ4v) is 1.22. The number of aromatic nitrogens is 3. The Morgan fingerprint density at radius 1 is 1.31 bits per heavy atom. The van der Waals surface area contributed by atoms with Gasteiger partial charge in [-0.3, -0.25) is 4.57 Å². The molecule has 2 rings (SSSR count). The van der Waals surface area contributed by atoms with Crippen LogP contribution in [0.3, 0.4) is 0 Å². The molecule has 0 unspecified atom stereocenters. The van der Waals surface area contributed by atoms with Gasteiger partial charge in [0.2, 0.25) is 0 Å². The fourth-order valence-electron chi connectivity index (χ4n) is 0.984. The molecule has 0 aliphatic rings. The van der Waals surface area contributed by atoms with Gasteiger partial charge in [-0.05, 0) is 28.1 Å². The van der Waals surface area contributed by atoms with E-state index in [1.165, 1.54) is 0 Å². The normalized spacial score (nSPS) is 10.2. The Bertz CT molecular complexity index is 406. The maximum atomic E-state index is 5.48. The molecule has 5 heteroatoms. The van der Waals surface area contributed by atoms with Crippen molar-refractivity contribution in [1.29, 1.82) is 0 Å². The lowest BCUT2D eigenvalue weighted by Gasteiger charge is -1.98. The smallest absolute Gasteiger partial charge is 0.142 e. The first-order valence-corrected chi connectivity index (χ1v) is 4.46. The highest BCUT2D eigenvalue weighted by Crippen LogP contribution is 2.11. The van der Waals surface area contributed by atoms with Crippen molar-refractivity contribution in [3.05, 3.63) is 35.3 Å². The molecule has 0 aromatic carbocycles. The van der Waals surface area contributed by atoms with E-state index in [0.717, 1.165) is 10.3 Å². The van der Waals surface area contributed by atoms with E-state index < -0.39 is 0 Å². The zero-order valence-corrected chi connectivity index (χ0v) is 8.27. The molecular weight excluding hydrogens is 232 g/mol. The number of halogens is 1. The number of rotatable bonds is 1. The highest BCUT2D eigenvalue weighted by Gasteiger charge is 1.97. The van der Waals surface area contributed by atoms with Crippen LogP contribution in [-0.4, -0.2) is 14.5 Å². The van der Waals surface area contributed by atoms with Crippen molar-refractivity contribution in [2.75, 3.05) is 5.73 Å². The quantitative estimate of drug-likeness (QED) is 0.822. The summed E-state index contributed by atoms with van der Waals surface area (Å²) < 4.78 is 2.71. The molecule has 0 saturated heterocycles. The van der Waals surface area contributed by atoms with Gasteiger partial charge in [-0.2, -0.15) is 0 Å². The van der Waals surface area contributed by atoms with E-state index in [-0.39, 0.29) is 0 Å². The standard InChI is InChI=1S/C8H7BrN4/c9-6-1-2-8(11-3-6)13-4-7(10)12-5-13/h1-5H,10H2. The molecule has 2 heterocycles. The van der Waals surface area contributed by atoms with Crippen LogP contribution in [0.1, 0.15) is 0 Å². The summed E-state index contributed by atoms with van der Waals surface area (Å²) in [5.74, 6) is 1.29. The Morgan fingerprint density at radius 3 is 2.69 bits per heavy atom. The largest absolute Gasteiger partial charge is 0.382 e. The molecule has 2 aromatic heterocycles. The van der Waals surface area contributed by atoms with Crippen molar-refractivity contribution in [3.8, 4) is 5.82 Å². The summed E-state index contributed by atoms with van der Waals surface area (Å²) in [7, 11) is 0. The van der Waals surface area contributed by atoms with Crippen molar-refractivity contribution >= 4 is 21.7 Å².